The fraction of sp³-hybridized carbons (Fsp3) is 0.941. The lowest BCUT2D eigenvalue weighted by atomic mass is 9.96. The molecule has 1 aliphatic rings. The Morgan fingerprint density at radius 2 is 1.00 bits per heavy atom. The first-order chi connectivity index (χ1) is 9.93. The van der Waals surface area contributed by atoms with E-state index in [9.17, 15) is 0 Å². The maximum atomic E-state index is 9.16. The molecule has 0 saturated carbocycles. The molecule has 0 bridgehead atoms. The number of hydrogen-bond acceptors (Lipinski definition) is 3. The maximum absolute atomic E-state index is 9.16. The molecule has 1 unspecified atom stereocenters. The molecule has 0 aromatic rings. The molecule has 0 aromatic heterocycles. The Morgan fingerprint density at radius 3 is 1.55 bits per heavy atom. The van der Waals surface area contributed by atoms with Crippen LogP contribution in [0.1, 0.15) is 83.5 Å². The normalized spacial score (nSPS) is 25.2. The second-order valence-corrected chi connectivity index (χ2v) is 6.02. The highest BCUT2D eigenvalue weighted by Gasteiger charge is 2.06. The lowest BCUT2D eigenvalue weighted by Crippen LogP contribution is -1.98. The van der Waals surface area contributed by atoms with E-state index in [2.05, 4.69) is 16.3 Å². The molecule has 1 aliphatic heterocycles. The second kappa shape index (κ2) is 13.1. The van der Waals surface area contributed by atoms with Crippen LogP contribution in [0.3, 0.4) is 0 Å². The summed E-state index contributed by atoms with van der Waals surface area (Å²) >= 11 is 0. The molecule has 0 fully saturated rings. The van der Waals surface area contributed by atoms with E-state index in [4.69, 9.17) is 5.26 Å². The standard InChI is InChI=1S/C17H31N3/c18-16-17-12-8-6-4-2-1-3-5-7-10-14-19-20-15-11-9-13-17/h17H,1-15H2. The average molecular weight is 277 g/mol. The number of nitriles is 1. The summed E-state index contributed by atoms with van der Waals surface area (Å²) < 4.78 is 0. The molecule has 0 spiro atoms. The molecular formula is C17H31N3. The monoisotopic (exact) mass is 277 g/mol. The lowest BCUT2D eigenvalue weighted by molar-refractivity contribution is 0.477. The molecule has 0 aromatic carbocycles. The zero-order valence-corrected chi connectivity index (χ0v) is 13.0. The fourth-order valence-corrected chi connectivity index (χ4v) is 2.80. The first-order valence-electron chi connectivity index (χ1n) is 8.66. The SMILES string of the molecule is N#CC1CCCCCCCCCCCN=NCCCC1. The molecule has 3 heteroatoms. The van der Waals surface area contributed by atoms with Gasteiger partial charge >= 0.3 is 0 Å². The second-order valence-electron chi connectivity index (χ2n) is 6.02. The van der Waals surface area contributed by atoms with Crippen molar-refractivity contribution in [1.82, 2.24) is 0 Å². The van der Waals surface area contributed by atoms with Crippen LogP contribution in [0.4, 0.5) is 0 Å². The summed E-state index contributed by atoms with van der Waals surface area (Å²) in [6.07, 6.45) is 16.2. The van der Waals surface area contributed by atoms with Gasteiger partial charge in [-0.05, 0) is 25.7 Å². The van der Waals surface area contributed by atoms with E-state index in [0.717, 1.165) is 38.8 Å². The topological polar surface area (TPSA) is 48.5 Å². The molecule has 1 rings (SSSR count). The smallest absolute Gasteiger partial charge is 0.0655 e. The van der Waals surface area contributed by atoms with E-state index >= 15 is 0 Å². The zero-order valence-electron chi connectivity index (χ0n) is 13.0. The van der Waals surface area contributed by atoms with Gasteiger partial charge in [0.05, 0.1) is 19.2 Å². The Bertz CT molecular complexity index is 280. The third-order valence-electron chi connectivity index (χ3n) is 4.15. The van der Waals surface area contributed by atoms with E-state index in [1.54, 1.807) is 0 Å². The number of hydrogen-bond donors (Lipinski definition) is 0. The molecule has 20 heavy (non-hydrogen) atoms. The van der Waals surface area contributed by atoms with E-state index in [-0.39, 0.29) is 5.92 Å². The maximum Gasteiger partial charge on any atom is 0.0655 e. The summed E-state index contributed by atoms with van der Waals surface area (Å²) in [5, 5.41) is 17.6. The molecular weight excluding hydrogens is 246 g/mol. The molecule has 0 saturated heterocycles. The first kappa shape index (κ1) is 17.1. The molecule has 0 radical (unpaired) electrons. The van der Waals surface area contributed by atoms with Gasteiger partial charge in [-0.15, -0.1) is 0 Å². The van der Waals surface area contributed by atoms with E-state index in [1.165, 1.54) is 57.8 Å². The summed E-state index contributed by atoms with van der Waals surface area (Å²) in [6, 6.07) is 2.47. The van der Waals surface area contributed by atoms with Crippen LogP contribution >= 0.6 is 0 Å². The molecule has 114 valence electrons. The Kier molecular flexibility index (Phi) is 11.2. The highest BCUT2D eigenvalue weighted by atomic mass is 15.1. The number of rotatable bonds is 0. The van der Waals surface area contributed by atoms with Gasteiger partial charge in [-0.2, -0.15) is 15.5 Å². The summed E-state index contributed by atoms with van der Waals surface area (Å²) in [5.74, 6) is 0.269. The van der Waals surface area contributed by atoms with Crippen LogP contribution in [0, 0.1) is 17.2 Å². The van der Waals surface area contributed by atoms with E-state index in [1.807, 2.05) is 0 Å². The van der Waals surface area contributed by atoms with Crippen molar-refractivity contribution in [3.8, 4) is 6.07 Å². The highest BCUT2D eigenvalue weighted by Crippen LogP contribution is 2.17. The number of nitrogens with zero attached hydrogens (tertiary/aromatic N) is 3. The van der Waals surface area contributed by atoms with Crippen molar-refractivity contribution in [3.05, 3.63) is 0 Å². The third kappa shape index (κ3) is 9.95. The number of azo groups is 1. The first-order valence-corrected chi connectivity index (χ1v) is 8.66. The molecule has 0 amide bonds. The fourth-order valence-electron chi connectivity index (χ4n) is 2.80. The van der Waals surface area contributed by atoms with Gasteiger partial charge < -0.3 is 0 Å². The van der Waals surface area contributed by atoms with Crippen LogP contribution in [0.25, 0.3) is 0 Å². The lowest BCUT2D eigenvalue weighted by Gasteiger charge is -2.08. The Labute approximate surface area is 124 Å². The summed E-state index contributed by atoms with van der Waals surface area (Å²) in [5.41, 5.74) is 0. The van der Waals surface area contributed by atoms with E-state index < -0.39 is 0 Å². The zero-order chi connectivity index (χ0) is 14.3. The van der Waals surface area contributed by atoms with Gasteiger partial charge in [0, 0.05) is 5.92 Å². The minimum absolute atomic E-state index is 0.269. The van der Waals surface area contributed by atoms with Crippen molar-refractivity contribution in [2.45, 2.75) is 83.5 Å². The molecule has 0 aliphatic carbocycles. The summed E-state index contributed by atoms with van der Waals surface area (Å²) in [4.78, 5) is 0. The minimum atomic E-state index is 0.269. The minimum Gasteiger partial charge on any atom is -0.198 e. The molecule has 1 heterocycles. The van der Waals surface area contributed by atoms with Crippen LogP contribution < -0.4 is 0 Å². The van der Waals surface area contributed by atoms with Crippen molar-refractivity contribution in [2.24, 2.45) is 16.1 Å². The van der Waals surface area contributed by atoms with Crippen molar-refractivity contribution >= 4 is 0 Å². The third-order valence-corrected chi connectivity index (χ3v) is 4.15. The Hall–Kier alpha value is -0.910. The quantitative estimate of drug-likeness (QED) is 0.563. The van der Waals surface area contributed by atoms with Crippen LogP contribution in [0.2, 0.25) is 0 Å². The molecule has 1 atom stereocenters. The van der Waals surface area contributed by atoms with Crippen LogP contribution in [0.5, 0.6) is 0 Å². The Morgan fingerprint density at radius 1 is 0.600 bits per heavy atom. The van der Waals surface area contributed by atoms with Crippen molar-refractivity contribution < 1.29 is 0 Å². The van der Waals surface area contributed by atoms with Gasteiger partial charge in [0.1, 0.15) is 0 Å². The molecule has 3 nitrogen and oxygen atoms in total. The average Bonchev–Trinajstić information content (AvgIpc) is 2.47. The van der Waals surface area contributed by atoms with Gasteiger partial charge in [-0.1, -0.05) is 57.8 Å². The van der Waals surface area contributed by atoms with Gasteiger partial charge in [0.15, 0.2) is 0 Å². The summed E-state index contributed by atoms with van der Waals surface area (Å²) in [6.45, 7) is 1.75. The Balaban J connectivity index is 2.23. The predicted octanol–water partition coefficient (Wildman–Crippen LogP) is 5.66. The van der Waals surface area contributed by atoms with Crippen molar-refractivity contribution in [3.63, 3.8) is 0 Å². The van der Waals surface area contributed by atoms with Crippen molar-refractivity contribution in [1.29, 1.82) is 5.26 Å². The van der Waals surface area contributed by atoms with Gasteiger partial charge in [-0.3, -0.25) is 0 Å². The highest BCUT2D eigenvalue weighted by molar-refractivity contribution is 4.82. The van der Waals surface area contributed by atoms with Gasteiger partial charge in [0.2, 0.25) is 0 Å². The van der Waals surface area contributed by atoms with Crippen LogP contribution in [0.15, 0.2) is 10.2 Å². The summed E-state index contributed by atoms with van der Waals surface area (Å²) in [7, 11) is 0. The predicted molar refractivity (Wildman–Crippen MR) is 83.7 cm³/mol. The molecule has 0 N–H and O–H groups in total. The largest absolute Gasteiger partial charge is 0.198 e. The van der Waals surface area contributed by atoms with Crippen molar-refractivity contribution in [2.75, 3.05) is 13.1 Å². The van der Waals surface area contributed by atoms with Crippen LogP contribution in [-0.4, -0.2) is 13.1 Å². The van der Waals surface area contributed by atoms with E-state index in [0.29, 0.717) is 0 Å². The van der Waals surface area contributed by atoms with Gasteiger partial charge in [-0.25, -0.2) is 0 Å². The van der Waals surface area contributed by atoms with Gasteiger partial charge in [0.25, 0.3) is 0 Å². The van der Waals surface area contributed by atoms with Crippen LogP contribution in [-0.2, 0) is 0 Å².